The van der Waals surface area contributed by atoms with E-state index in [9.17, 15) is 0 Å². The van der Waals surface area contributed by atoms with Gasteiger partial charge in [0.05, 0.1) is 22.7 Å². The van der Waals surface area contributed by atoms with E-state index in [2.05, 4.69) is 4.98 Å². The molecule has 2 nitrogen and oxygen atoms in total. The van der Waals surface area contributed by atoms with E-state index in [1.165, 1.54) is 0 Å². The molecule has 1 heterocycles. The topological polar surface area (TPSA) is 25.0 Å². The molecular formula is C9H7Cl2NO. The van der Waals surface area contributed by atoms with Crippen LogP contribution < -0.4 is 4.74 Å². The van der Waals surface area contributed by atoms with Gasteiger partial charge in [0.2, 0.25) is 0 Å². The average molecular weight is 216 g/mol. The van der Waals surface area contributed by atoms with E-state index in [1.807, 2.05) is 6.07 Å². The quantitative estimate of drug-likeness (QED) is 0.775. The summed E-state index contributed by atoms with van der Waals surface area (Å²) in [7, 11) is 1.58. The molecule has 0 fully saturated rings. The number of hydrogen-bond acceptors (Lipinski definition) is 1. The molecule has 0 bridgehead atoms. The monoisotopic (exact) mass is 215 g/mol. The van der Waals surface area contributed by atoms with Crippen molar-refractivity contribution in [2.75, 3.05) is 7.11 Å². The molecule has 4 heteroatoms. The van der Waals surface area contributed by atoms with Crippen LogP contribution in [0.2, 0.25) is 10.0 Å². The number of aromatic nitrogens is 1. The summed E-state index contributed by atoms with van der Waals surface area (Å²) < 4.78 is 5.15. The van der Waals surface area contributed by atoms with Crippen molar-refractivity contribution in [1.82, 2.24) is 4.98 Å². The Kier molecular flexibility index (Phi) is 2.10. The van der Waals surface area contributed by atoms with E-state index < -0.39 is 0 Å². The summed E-state index contributed by atoms with van der Waals surface area (Å²) in [6.45, 7) is 0. The van der Waals surface area contributed by atoms with Gasteiger partial charge in [0, 0.05) is 11.6 Å². The molecular weight excluding hydrogens is 209 g/mol. The summed E-state index contributed by atoms with van der Waals surface area (Å²) in [6.07, 6.45) is 1.71. The van der Waals surface area contributed by atoms with Crippen molar-refractivity contribution < 1.29 is 4.74 Å². The molecule has 1 aromatic heterocycles. The Hall–Kier alpha value is -0.860. The van der Waals surface area contributed by atoms with Crippen molar-refractivity contribution in [3.8, 4) is 5.75 Å². The number of halogens is 2. The molecule has 0 unspecified atom stereocenters. The Balaban J connectivity index is 2.85. The molecule has 2 aromatic rings. The van der Waals surface area contributed by atoms with Gasteiger partial charge in [-0.2, -0.15) is 0 Å². The summed E-state index contributed by atoms with van der Waals surface area (Å²) in [5, 5.41) is 2.17. The standard InChI is InChI=1S/C9H7Cl2NO/c1-13-9-6(10)3-2-5-7(11)4-12-8(5)9/h2-4,12H,1H3. The first-order valence-electron chi connectivity index (χ1n) is 3.73. The molecule has 68 valence electrons. The molecule has 0 atom stereocenters. The zero-order valence-corrected chi connectivity index (χ0v) is 8.41. The zero-order chi connectivity index (χ0) is 9.42. The van der Waals surface area contributed by atoms with Gasteiger partial charge < -0.3 is 9.72 Å². The number of benzene rings is 1. The fourth-order valence-corrected chi connectivity index (χ4v) is 1.76. The minimum absolute atomic E-state index is 0.577. The van der Waals surface area contributed by atoms with Crippen LogP contribution in [-0.2, 0) is 0 Å². The van der Waals surface area contributed by atoms with Crippen LogP contribution in [0.3, 0.4) is 0 Å². The fraction of sp³-hybridized carbons (Fsp3) is 0.111. The molecule has 0 aliphatic rings. The summed E-state index contributed by atoms with van der Waals surface area (Å²) in [4.78, 5) is 3.01. The second-order valence-corrected chi connectivity index (χ2v) is 3.45. The minimum atomic E-state index is 0.577. The fourth-order valence-electron chi connectivity index (χ4n) is 1.31. The van der Waals surface area contributed by atoms with Gasteiger partial charge in [-0.15, -0.1) is 0 Å². The summed E-state index contributed by atoms with van der Waals surface area (Å²) in [5.74, 6) is 0.631. The third-order valence-electron chi connectivity index (χ3n) is 1.91. The van der Waals surface area contributed by atoms with E-state index in [0.29, 0.717) is 15.8 Å². The van der Waals surface area contributed by atoms with E-state index in [1.54, 1.807) is 19.4 Å². The lowest BCUT2D eigenvalue weighted by atomic mass is 10.2. The van der Waals surface area contributed by atoms with Crippen molar-refractivity contribution >= 4 is 34.1 Å². The minimum Gasteiger partial charge on any atom is -0.493 e. The third kappa shape index (κ3) is 1.26. The first-order chi connectivity index (χ1) is 6.24. The molecule has 2 rings (SSSR count). The van der Waals surface area contributed by atoms with Crippen molar-refractivity contribution in [1.29, 1.82) is 0 Å². The lowest BCUT2D eigenvalue weighted by Gasteiger charge is -2.03. The Morgan fingerprint density at radius 1 is 1.23 bits per heavy atom. The highest BCUT2D eigenvalue weighted by Crippen LogP contribution is 2.35. The van der Waals surface area contributed by atoms with Crippen molar-refractivity contribution in [2.45, 2.75) is 0 Å². The maximum Gasteiger partial charge on any atom is 0.161 e. The molecule has 0 spiro atoms. The number of rotatable bonds is 1. The van der Waals surface area contributed by atoms with Gasteiger partial charge in [0.15, 0.2) is 5.75 Å². The van der Waals surface area contributed by atoms with Crippen LogP contribution >= 0.6 is 23.2 Å². The van der Waals surface area contributed by atoms with Crippen LogP contribution in [0.5, 0.6) is 5.75 Å². The zero-order valence-electron chi connectivity index (χ0n) is 6.90. The molecule has 1 aromatic carbocycles. The number of hydrogen-bond donors (Lipinski definition) is 1. The Morgan fingerprint density at radius 2 is 2.00 bits per heavy atom. The molecule has 0 amide bonds. The van der Waals surface area contributed by atoms with Crippen LogP contribution in [0.15, 0.2) is 18.3 Å². The number of aromatic amines is 1. The van der Waals surface area contributed by atoms with Gasteiger partial charge in [-0.25, -0.2) is 0 Å². The van der Waals surface area contributed by atoms with Gasteiger partial charge in [0.1, 0.15) is 0 Å². The van der Waals surface area contributed by atoms with E-state index in [4.69, 9.17) is 27.9 Å². The van der Waals surface area contributed by atoms with Crippen LogP contribution in [0, 0.1) is 0 Å². The maximum atomic E-state index is 5.92. The summed E-state index contributed by atoms with van der Waals surface area (Å²) >= 11 is 11.8. The first-order valence-corrected chi connectivity index (χ1v) is 4.48. The molecule has 13 heavy (non-hydrogen) atoms. The highest BCUT2D eigenvalue weighted by atomic mass is 35.5. The largest absolute Gasteiger partial charge is 0.493 e. The highest BCUT2D eigenvalue weighted by molar-refractivity contribution is 6.37. The van der Waals surface area contributed by atoms with Crippen molar-refractivity contribution in [3.63, 3.8) is 0 Å². The lowest BCUT2D eigenvalue weighted by Crippen LogP contribution is -1.85. The van der Waals surface area contributed by atoms with Crippen LogP contribution in [-0.4, -0.2) is 12.1 Å². The SMILES string of the molecule is COc1c(Cl)ccc2c(Cl)c[nH]c12. The Labute approximate surface area is 85.4 Å². The van der Waals surface area contributed by atoms with Gasteiger partial charge in [-0.3, -0.25) is 0 Å². The Morgan fingerprint density at radius 3 is 2.69 bits per heavy atom. The number of fused-ring (bicyclic) bond motifs is 1. The molecule has 0 saturated carbocycles. The predicted octanol–water partition coefficient (Wildman–Crippen LogP) is 3.48. The predicted molar refractivity (Wildman–Crippen MR) is 54.9 cm³/mol. The van der Waals surface area contributed by atoms with Crippen LogP contribution in [0.25, 0.3) is 10.9 Å². The molecule has 0 aliphatic carbocycles. The normalized spacial score (nSPS) is 10.7. The van der Waals surface area contributed by atoms with Gasteiger partial charge in [-0.1, -0.05) is 23.2 Å². The number of methoxy groups -OCH3 is 1. The van der Waals surface area contributed by atoms with Crippen LogP contribution in [0.4, 0.5) is 0 Å². The second-order valence-electron chi connectivity index (χ2n) is 2.64. The van der Waals surface area contributed by atoms with E-state index in [0.717, 1.165) is 10.9 Å². The Bertz CT molecular complexity index is 450. The number of H-pyrrole nitrogens is 1. The molecule has 1 N–H and O–H groups in total. The highest BCUT2D eigenvalue weighted by Gasteiger charge is 2.09. The van der Waals surface area contributed by atoms with Crippen molar-refractivity contribution in [3.05, 3.63) is 28.4 Å². The first kappa shape index (κ1) is 8.73. The van der Waals surface area contributed by atoms with Crippen LogP contribution in [0.1, 0.15) is 0 Å². The van der Waals surface area contributed by atoms with E-state index >= 15 is 0 Å². The lowest BCUT2D eigenvalue weighted by molar-refractivity contribution is 0.419. The molecule has 0 saturated heterocycles. The third-order valence-corrected chi connectivity index (χ3v) is 2.52. The number of ether oxygens (including phenoxy) is 1. The average Bonchev–Trinajstić information content (AvgIpc) is 2.48. The van der Waals surface area contributed by atoms with Gasteiger partial charge in [-0.05, 0) is 12.1 Å². The van der Waals surface area contributed by atoms with Gasteiger partial charge >= 0.3 is 0 Å². The smallest absolute Gasteiger partial charge is 0.161 e. The maximum absolute atomic E-state index is 5.92. The second kappa shape index (κ2) is 3.13. The molecule has 0 aliphatic heterocycles. The van der Waals surface area contributed by atoms with Gasteiger partial charge in [0.25, 0.3) is 0 Å². The van der Waals surface area contributed by atoms with E-state index in [-0.39, 0.29) is 0 Å². The summed E-state index contributed by atoms with van der Waals surface area (Å²) in [5.41, 5.74) is 0.833. The summed E-state index contributed by atoms with van der Waals surface area (Å²) in [6, 6.07) is 3.63. The van der Waals surface area contributed by atoms with Crippen molar-refractivity contribution in [2.24, 2.45) is 0 Å². The number of nitrogens with one attached hydrogen (secondary N) is 1. The molecule has 0 radical (unpaired) electrons.